The Hall–Kier alpha value is -1.18. The molecule has 80 valence electrons. The molecule has 2 N–H and O–H groups in total. The molecular weight excluding hydrogens is 236 g/mol. The van der Waals surface area contributed by atoms with Crippen molar-refractivity contribution in [3.05, 3.63) is 18.2 Å². The molecule has 0 aromatic carbocycles. The zero-order valence-corrected chi connectivity index (χ0v) is 9.43. The van der Waals surface area contributed by atoms with Gasteiger partial charge < -0.3 is 4.74 Å². The van der Waals surface area contributed by atoms with Gasteiger partial charge in [0.1, 0.15) is 4.21 Å². The number of hydrogen-bond donors (Lipinski definition) is 1. The molecule has 0 unspecified atom stereocenters. The molecular formula is C8H8N2O3S2. The highest BCUT2D eigenvalue weighted by atomic mass is 32.2. The van der Waals surface area contributed by atoms with E-state index in [1.165, 1.54) is 13.2 Å². The number of pyridine rings is 1. The first-order valence-corrected chi connectivity index (χ1v) is 6.34. The molecule has 0 bridgehead atoms. The molecule has 5 nitrogen and oxygen atoms in total. The van der Waals surface area contributed by atoms with Crippen LogP contribution in [0.15, 0.2) is 22.4 Å². The van der Waals surface area contributed by atoms with E-state index < -0.39 is 10.0 Å². The topological polar surface area (TPSA) is 82.3 Å². The van der Waals surface area contributed by atoms with Gasteiger partial charge in [-0.15, -0.1) is 11.3 Å². The Morgan fingerprint density at radius 3 is 2.80 bits per heavy atom. The quantitative estimate of drug-likeness (QED) is 0.852. The minimum Gasteiger partial charge on any atom is -0.481 e. The zero-order valence-electron chi connectivity index (χ0n) is 7.80. The standard InChI is InChI=1S/C8H8N2O3S2/c1-13-7-3-2-6-5(10-7)4-8(14-6)15(9,11)12/h2-4H,1H3,(H2,9,11,12). The number of ether oxygens (including phenoxy) is 1. The van der Waals surface area contributed by atoms with Crippen LogP contribution in [0.4, 0.5) is 0 Å². The van der Waals surface area contributed by atoms with Gasteiger partial charge in [-0.2, -0.15) is 0 Å². The minimum atomic E-state index is -3.65. The smallest absolute Gasteiger partial charge is 0.247 e. The molecule has 0 radical (unpaired) electrons. The lowest BCUT2D eigenvalue weighted by molar-refractivity contribution is 0.399. The molecule has 2 rings (SSSR count). The van der Waals surface area contributed by atoms with E-state index >= 15 is 0 Å². The van der Waals surface area contributed by atoms with Gasteiger partial charge in [0.25, 0.3) is 0 Å². The van der Waals surface area contributed by atoms with Crippen LogP contribution in [0.25, 0.3) is 10.2 Å². The summed E-state index contributed by atoms with van der Waals surface area (Å²) in [6.07, 6.45) is 0. The molecule has 0 fully saturated rings. The van der Waals surface area contributed by atoms with E-state index in [4.69, 9.17) is 9.88 Å². The second-order valence-electron chi connectivity index (χ2n) is 2.85. The number of fused-ring (bicyclic) bond motifs is 1. The molecule has 0 atom stereocenters. The third-order valence-corrected chi connectivity index (χ3v) is 4.32. The molecule has 0 saturated carbocycles. The number of primary sulfonamides is 1. The zero-order chi connectivity index (χ0) is 11.1. The fourth-order valence-corrected chi connectivity index (χ4v) is 2.88. The van der Waals surface area contributed by atoms with Crippen LogP contribution >= 0.6 is 11.3 Å². The first kappa shape index (κ1) is 10.3. The minimum absolute atomic E-state index is 0.109. The summed E-state index contributed by atoms with van der Waals surface area (Å²) in [5, 5.41) is 5.01. The van der Waals surface area contributed by atoms with Gasteiger partial charge in [0.2, 0.25) is 15.9 Å². The number of sulfonamides is 1. The van der Waals surface area contributed by atoms with E-state index in [2.05, 4.69) is 4.98 Å². The van der Waals surface area contributed by atoms with Crippen LogP contribution in [-0.4, -0.2) is 20.5 Å². The second-order valence-corrected chi connectivity index (χ2v) is 5.72. The van der Waals surface area contributed by atoms with Gasteiger partial charge in [0, 0.05) is 6.07 Å². The number of nitrogens with two attached hydrogens (primary N) is 1. The number of aromatic nitrogens is 1. The maximum absolute atomic E-state index is 11.1. The van der Waals surface area contributed by atoms with Gasteiger partial charge in [-0.3, -0.25) is 0 Å². The predicted molar refractivity (Wildman–Crippen MR) is 57.5 cm³/mol. The summed E-state index contributed by atoms with van der Waals surface area (Å²) in [5.41, 5.74) is 0.573. The monoisotopic (exact) mass is 244 g/mol. The van der Waals surface area contributed by atoms with Crippen LogP contribution in [0.2, 0.25) is 0 Å². The number of nitrogens with zero attached hydrogens (tertiary/aromatic N) is 1. The molecule has 0 saturated heterocycles. The van der Waals surface area contributed by atoms with Crippen LogP contribution in [0.3, 0.4) is 0 Å². The van der Waals surface area contributed by atoms with E-state index in [9.17, 15) is 8.42 Å². The van der Waals surface area contributed by atoms with E-state index in [0.29, 0.717) is 11.4 Å². The average Bonchev–Trinajstić information content (AvgIpc) is 2.59. The maximum atomic E-state index is 11.1. The number of rotatable bonds is 2. The number of thiophene rings is 1. The molecule has 0 amide bonds. The lowest BCUT2D eigenvalue weighted by atomic mass is 10.4. The van der Waals surface area contributed by atoms with Gasteiger partial charge >= 0.3 is 0 Å². The van der Waals surface area contributed by atoms with Crippen molar-refractivity contribution in [3.63, 3.8) is 0 Å². The van der Waals surface area contributed by atoms with Crippen molar-refractivity contribution in [2.45, 2.75) is 4.21 Å². The molecule has 2 heterocycles. The van der Waals surface area contributed by atoms with Gasteiger partial charge in [-0.1, -0.05) is 0 Å². The van der Waals surface area contributed by atoms with Crippen LogP contribution in [0.5, 0.6) is 5.88 Å². The highest BCUT2D eigenvalue weighted by Crippen LogP contribution is 2.28. The summed E-state index contributed by atoms with van der Waals surface area (Å²) in [7, 11) is -2.15. The number of methoxy groups -OCH3 is 1. The van der Waals surface area contributed by atoms with Gasteiger partial charge in [0.05, 0.1) is 17.3 Å². The van der Waals surface area contributed by atoms with Crippen LogP contribution in [-0.2, 0) is 10.0 Å². The third-order valence-electron chi connectivity index (χ3n) is 1.82. The van der Waals surface area contributed by atoms with Crippen LogP contribution < -0.4 is 9.88 Å². The Kier molecular flexibility index (Phi) is 2.37. The lowest BCUT2D eigenvalue weighted by Crippen LogP contribution is -2.09. The van der Waals surface area contributed by atoms with Crippen molar-refractivity contribution in [2.24, 2.45) is 5.14 Å². The highest BCUT2D eigenvalue weighted by Gasteiger charge is 2.13. The van der Waals surface area contributed by atoms with Crippen molar-refractivity contribution in [1.82, 2.24) is 4.98 Å². The maximum Gasteiger partial charge on any atom is 0.247 e. The highest BCUT2D eigenvalue weighted by molar-refractivity contribution is 7.91. The normalized spacial score (nSPS) is 11.9. The van der Waals surface area contributed by atoms with E-state index in [1.807, 2.05) is 0 Å². The summed E-state index contributed by atoms with van der Waals surface area (Å²) in [4.78, 5) is 4.10. The van der Waals surface area contributed by atoms with Crippen molar-refractivity contribution in [3.8, 4) is 5.88 Å². The van der Waals surface area contributed by atoms with Crippen molar-refractivity contribution >= 4 is 31.6 Å². The van der Waals surface area contributed by atoms with Crippen LogP contribution in [0.1, 0.15) is 0 Å². The van der Waals surface area contributed by atoms with Crippen molar-refractivity contribution < 1.29 is 13.2 Å². The SMILES string of the molecule is COc1ccc2sc(S(N)(=O)=O)cc2n1. The van der Waals surface area contributed by atoms with Gasteiger partial charge in [-0.25, -0.2) is 18.5 Å². The van der Waals surface area contributed by atoms with Crippen molar-refractivity contribution in [1.29, 1.82) is 0 Å². The van der Waals surface area contributed by atoms with Gasteiger partial charge in [-0.05, 0) is 12.1 Å². The molecule has 2 aromatic rings. The summed E-state index contributed by atoms with van der Waals surface area (Å²) in [5.74, 6) is 0.446. The molecule has 15 heavy (non-hydrogen) atoms. The Labute approximate surface area is 90.6 Å². The molecule has 0 aliphatic rings. The average molecular weight is 244 g/mol. The summed E-state index contributed by atoms with van der Waals surface area (Å²) < 4.78 is 28.0. The second kappa shape index (κ2) is 3.44. The Bertz CT molecular complexity index is 603. The fraction of sp³-hybridized carbons (Fsp3) is 0.125. The molecule has 0 aliphatic carbocycles. The molecule has 0 spiro atoms. The summed E-state index contributed by atoms with van der Waals surface area (Å²) in [6, 6.07) is 4.87. The fourth-order valence-electron chi connectivity index (χ4n) is 1.14. The Balaban J connectivity index is 2.66. The van der Waals surface area contributed by atoms with E-state index in [-0.39, 0.29) is 4.21 Å². The summed E-state index contributed by atoms with van der Waals surface area (Å²) in [6.45, 7) is 0. The van der Waals surface area contributed by atoms with Gasteiger partial charge in [0.15, 0.2) is 0 Å². The first-order chi connectivity index (χ1) is 7.00. The summed E-state index contributed by atoms with van der Waals surface area (Å²) >= 11 is 1.09. The van der Waals surface area contributed by atoms with Crippen molar-refractivity contribution in [2.75, 3.05) is 7.11 Å². The number of hydrogen-bond acceptors (Lipinski definition) is 5. The predicted octanol–water partition coefficient (Wildman–Crippen LogP) is 0.952. The Morgan fingerprint density at radius 1 is 1.47 bits per heavy atom. The first-order valence-electron chi connectivity index (χ1n) is 3.98. The third kappa shape index (κ3) is 1.94. The molecule has 2 aromatic heterocycles. The van der Waals surface area contributed by atoms with Crippen LogP contribution in [0, 0.1) is 0 Å². The Morgan fingerprint density at radius 2 is 2.20 bits per heavy atom. The lowest BCUT2D eigenvalue weighted by Gasteiger charge is -1.95. The van der Waals surface area contributed by atoms with E-state index in [1.54, 1.807) is 12.1 Å². The molecule has 7 heteroatoms. The van der Waals surface area contributed by atoms with E-state index in [0.717, 1.165) is 16.0 Å². The largest absolute Gasteiger partial charge is 0.481 e. The molecule has 0 aliphatic heterocycles.